The number of ether oxygens (including phenoxy) is 1. The number of amides is 2. The van der Waals surface area contributed by atoms with Gasteiger partial charge in [0.2, 0.25) is 0 Å². The number of carbonyl (C=O) groups is 2. The number of aryl methyl sites for hydroxylation is 1. The molecule has 4 aromatic carbocycles. The molecule has 0 fully saturated rings. The summed E-state index contributed by atoms with van der Waals surface area (Å²) in [4.78, 5) is 29.8. The highest BCUT2D eigenvalue weighted by Crippen LogP contribution is 2.42. The Bertz CT molecular complexity index is 1490. The van der Waals surface area contributed by atoms with Crippen LogP contribution in [-0.4, -0.2) is 18.9 Å². The van der Waals surface area contributed by atoms with Crippen molar-refractivity contribution >= 4 is 35.3 Å². The van der Waals surface area contributed by atoms with Crippen LogP contribution < -0.4 is 15.0 Å². The first kappa shape index (κ1) is 25.4. The van der Waals surface area contributed by atoms with Gasteiger partial charge in [-0.3, -0.25) is 9.59 Å². The van der Waals surface area contributed by atoms with Gasteiger partial charge in [0.15, 0.2) is 0 Å². The Morgan fingerprint density at radius 3 is 2.42 bits per heavy atom. The molecule has 4 aromatic rings. The number of nitrogens with zero attached hydrogens (tertiary/aromatic N) is 1. The molecule has 2 amide bonds. The van der Waals surface area contributed by atoms with E-state index in [1.165, 1.54) is 17.3 Å². The van der Waals surface area contributed by atoms with Gasteiger partial charge >= 0.3 is 0 Å². The van der Waals surface area contributed by atoms with Crippen molar-refractivity contribution in [3.05, 3.63) is 130 Å². The average Bonchev–Trinajstić information content (AvgIpc) is 2.94. The zero-order valence-electron chi connectivity index (χ0n) is 21.3. The van der Waals surface area contributed by atoms with E-state index >= 15 is 0 Å². The average molecular weight is 521 g/mol. The van der Waals surface area contributed by atoms with Crippen LogP contribution in [0.15, 0.2) is 107 Å². The first-order chi connectivity index (χ1) is 18.5. The fourth-order valence-electron chi connectivity index (χ4n) is 4.32. The van der Waals surface area contributed by atoms with Gasteiger partial charge in [-0.15, -0.1) is 0 Å². The second kappa shape index (κ2) is 11.4. The first-order valence-corrected chi connectivity index (χ1v) is 13.2. The number of hydrogen-bond acceptors (Lipinski definition) is 4. The second-order valence-electron chi connectivity index (χ2n) is 9.11. The summed E-state index contributed by atoms with van der Waals surface area (Å²) in [5.41, 5.74) is 5.59. The van der Waals surface area contributed by atoms with Gasteiger partial charge in [-0.2, -0.15) is 0 Å². The lowest BCUT2D eigenvalue weighted by Gasteiger charge is -2.30. The largest absolute Gasteiger partial charge is 0.497 e. The van der Waals surface area contributed by atoms with Crippen molar-refractivity contribution in [2.75, 3.05) is 12.0 Å². The molecular formula is C32H28N2O3S. The Morgan fingerprint density at radius 2 is 1.68 bits per heavy atom. The van der Waals surface area contributed by atoms with Crippen LogP contribution in [0.25, 0.3) is 6.08 Å². The number of methoxy groups -OCH3 is 1. The number of para-hydroxylation sites is 1. The van der Waals surface area contributed by atoms with Crippen LogP contribution in [-0.2, 0) is 17.9 Å². The summed E-state index contributed by atoms with van der Waals surface area (Å²) in [5, 5.41) is 2.94. The van der Waals surface area contributed by atoms with Crippen LogP contribution in [0, 0.1) is 6.92 Å². The van der Waals surface area contributed by atoms with Gasteiger partial charge in [-0.05, 0) is 66.1 Å². The fraction of sp³-hybridized carbons (Fsp3) is 0.125. The van der Waals surface area contributed by atoms with Crippen LogP contribution >= 0.6 is 11.8 Å². The Morgan fingerprint density at radius 1 is 0.921 bits per heavy atom. The second-order valence-corrected chi connectivity index (χ2v) is 10.2. The van der Waals surface area contributed by atoms with Gasteiger partial charge in [0.25, 0.3) is 11.8 Å². The number of thioether (sulfide) groups is 1. The maximum atomic E-state index is 13.6. The molecular weight excluding hydrogens is 492 g/mol. The van der Waals surface area contributed by atoms with Crippen molar-refractivity contribution in [1.82, 2.24) is 5.32 Å². The number of nitrogens with one attached hydrogen (secondary N) is 1. The van der Waals surface area contributed by atoms with E-state index in [-0.39, 0.29) is 11.8 Å². The Hall–Kier alpha value is -4.29. The third-order valence-electron chi connectivity index (χ3n) is 6.34. The molecule has 6 heteroatoms. The van der Waals surface area contributed by atoms with Crippen molar-refractivity contribution in [3.63, 3.8) is 0 Å². The zero-order valence-corrected chi connectivity index (χ0v) is 22.1. The molecule has 1 heterocycles. The third kappa shape index (κ3) is 5.82. The lowest BCUT2D eigenvalue weighted by atomic mass is 10.1. The molecule has 0 radical (unpaired) electrons. The molecule has 0 spiro atoms. The van der Waals surface area contributed by atoms with Gasteiger partial charge in [-0.1, -0.05) is 78.0 Å². The molecule has 0 aromatic heterocycles. The van der Waals surface area contributed by atoms with Crippen LogP contribution in [0.3, 0.4) is 0 Å². The highest BCUT2D eigenvalue weighted by atomic mass is 32.2. The smallest absolute Gasteiger partial charge is 0.265 e. The van der Waals surface area contributed by atoms with E-state index in [1.54, 1.807) is 19.2 Å². The molecule has 1 aliphatic rings. The van der Waals surface area contributed by atoms with Gasteiger partial charge in [-0.25, -0.2) is 0 Å². The van der Waals surface area contributed by atoms with Crippen LogP contribution in [0.1, 0.15) is 32.6 Å². The summed E-state index contributed by atoms with van der Waals surface area (Å²) in [7, 11) is 1.62. The van der Waals surface area contributed by atoms with E-state index in [0.717, 1.165) is 33.0 Å². The number of anilines is 1. The molecule has 190 valence electrons. The minimum Gasteiger partial charge on any atom is -0.497 e. The molecule has 38 heavy (non-hydrogen) atoms. The highest BCUT2D eigenvalue weighted by molar-refractivity contribution is 8.04. The molecule has 0 unspecified atom stereocenters. The molecule has 0 bridgehead atoms. The Kier molecular flexibility index (Phi) is 7.61. The first-order valence-electron chi connectivity index (χ1n) is 12.4. The predicted molar refractivity (Wildman–Crippen MR) is 153 cm³/mol. The monoisotopic (exact) mass is 520 g/mol. The zero-order chi connectivity index (χ0) is 26.5. The normalized spacial score (nSPS) is 13.8. The number of carbonyl (C=O) groups excluding carboxylic acids is 2. The molecule has 5 nitrogen and oxygen atoms in total. The summed E-state index contributed by atoms with van der Waals surface area (Å²) in [6.07, 6.45) is 1.89. The van der Waals surface area contributed by atoms with Crippen molar-refractivity contribution < 1.29 is 14.3 Å². The minimum absolute atomic E-state index is 0.0310. The van der Waals surface area contributed by atoms with Gasteiger partial charge < -0.3 is 15.0 Å². The van der Waals surface area contributed by atoms with E-state index in [4.69, 9.17) is 4.74 Å². The SMILES string of the molecule is COc1ccc(CNC(=O)c2ccc(C=C3Sc4ccccc4N(Cc4cccc(C)c4)C3=O)cc2)cc1. The van der Waals surface area contributed by atoms with E-state index in [0.29, 0.717) is 23.6 Å². The van der Waals surface area contributed by atoms with E-state index < -0.39 is 0 Å². The van der Waals surface area contributed by atoms with Crippen LogP contribution in [0.5, 0.6) is 5.75 Å². The van der Waals surface area contributed by atoms with Gasteiger partial charge in [0, 0.05) is 17.0 Å². The molecule has 5 rings (SSSR count). The Balaban J connectivity index is 1.31. The Labute approximate surface area is 227 Å². The van der Waals surface area contributed by atoms with E-state index in [9.17, 15) is 9.59 Å². The van der Waals surface area contributed by atoms with Crippen LogP contribution in [0.2, 0.25) is 0 Å². The summed E-state index contributed by atoms with van der Waals surface area (Å²) in [6, 6.07) is 31.1. The van der Waals surface area contributed by atoms with Crippen molar-refractivity contribution in [3.8, 4) is 5.75 Å². The van der Waals surface area contributed by atoms with Crippen LogP contribution in [0.4, 0.5) is 5.69 Å². The van der Waals surface area contributed by atoms with Crippen molar-refractivity contribution in [2.24, 2.45) is 0 Å². The maximum absolute atomic E-state index is 13.6. The van der Waals surface area contributed by atoms with Gasteiger partial charge in [0.05, 0.1) is 24.2 Å². The summed E-state index contributed by atoms with van der Waals surface area (Å²) < 4.78 is 5.17. The molecule has 1 aliphatic heterocycles. The maximum Gasteiger partial charge on any atom is 0.265 e. The fourth-order valence-corrected chi connectivity index (χ4v) is 5.38. The highest BCUT2D eigenvalue weighted by Gasteiger charge is 2.29. The molecule has 0 atom stereocenters. The standard InChI is InChI=1S/C32H28N2O3S/c1-22-6-5-7-25(18-22)21-34-28-8-3-4-9-29(28)38-30(32(34)36)19-23-10-14-26(15-11-23)31(35)33-20-24-12-16-27(37-2)17-13-24/h3-19H,20-21H2,1-2H3,(H,33,35). The van der Waals surface area contributed by atoms with E-state index in [2.05, 4.69) is 24.4 Å². The van der Waals surface area contributed by atoms with Crippen molar-refractivity contribution in [1.29, 1.82) is 0 Å². The topological polar surface area (TPSA) is 58.6 Å². The van der Waals surface area contributed by atoms with E-state index in [1.807, 2.05) is 83.8 Å². The number of rotatable bonds is 7. The summed E-state index contributed by atoms with van der Waals surface area (Å²) >= 11 is 1.48. The lowest BCUT2D eigenvalue weighted by Crippen LogP contribution is -2.33. The molecule has 0 saturated carbocycles. The number of hydrogen-bond donors (Lipinski definition) is 1. The third-order valence-corrected chi connectivity index (χ3v) is 7.42. The summed E-state index contributed by atoms with van der Waals surface area (Å²) in [6.45, 7) is 2.98. The lowest BCUT2D eigenvalue weighted by molar-refractivity contribution is -0.114. The summed E-state index contributed by atoms with van der Waals surface area (Å²) in [5.74, 6) is 0.596. The van der Waals surface area contributed by atoms with Gasteiger partial charge in [0.1, 0.15) is 5.75 Å². The molecule has 1 N–H and O–H groups in total. The molecule has 0 aliphatic carbocycles. The molecule has 0 saturated heterocycles. The van der Waals surface area contributed by atoms with Crippen molar-refractivity contribution in [2.45, 2.75) is 24.9 Å². The number of benzene rings is 4. The quantitative estimate of drug-likeness (QED) is 0.279. The minimum atomic E-state index is -0.151. The predicted octanol–water partition coefficient (Wildman–Crippen LogP) is 6.61. The number of fused-ring (bicyclic) bond motifs is 1.